The zero-order valence-electron chi connectivity index (χ0n) is 25.5. The second kappa shape index (κ2) is 14.9. The highest BCUT2D eigenvalue weighted by Gasteiger charge is 2.47. The lowest BCUT2D eigenvalue weighted by Crippen LogP contribution is -2.53. The number of carbonyl (C=O) groups excluding carboxylic acids is 5. The summed E-state index contributed by atoms with van der Waals surface area (Å²) in [6, 6.07) is -1.94. The Kier molecular flexibility index (Phi) is 11.8. The Morgan fingerprint density at radius 1 is 1.05 bits per heavy atom. The molecule has 4 amide bonds. The second-order valence-corrected chi connectivity index (χ2v) is 12.7. The zero-order chi connectivity index (χ0) is 30.2. The second-order valence-electron chi connectivity index (χ2n) is 12.7. The van der Waals surface area contributed by atoms with Crippen LogP contribution in [0.3, 0.4) is 0 Å². The van der Waals surface area contributed by atoms with Crippen molar-refractivity contribution >= 4 is 29.8 Å². The van der Waals surface area contributed by atoms with E-state index in [2.05, 4.69) is 22.9 Å². The predicted molar refractivity (Wildman–Crippen MR) is 153 cm³/mol. The number of rotatable bonds is 11. The summed E-state index contributed by atoms with van der Waals surface area (Å²) in [6.45, 7) is 8.74. The van der Waals surface area contributed by atoms with Gasteiger partial charge in [0.25, 0.3) is 0 Å². The van der Waals surface area contributed by atoms with Gasteiger partial charge in [0.1, 0.15) is 18.2 Å². The van der Waals surface area contributed by atoms with Crippen molar-refractivity contribution < 1.29 is 33.4 Å². The molecule has 2 aliphatic heterocycles. The number of piperidine rings is 1. The van der Waals surface area contributed by atoms with E-state index in [-0.39, 0.29) is 30.3 Å². The fraction of sp³-hybridized carbons (Fsp3) is 0.833. The predicted octanol–water partition coefficient (Wildman–Crippen LogP) is 3.05. The maximum Gasteiger partial charge on any atom is 0.408 e. The number of esters is 1. The largest absolute Gasteiger partial charge is 0.467 e. The van der Waals surface area contributed by atoms with Crippen molar-refractivity contribution in [1.29, 1.82) is 0 Å². The molecule has 3 fully saturated rings. The summed E-state index contributed by atoms with van der Waals surface area (Å²) in [5, 5.41) is 8.57. The minimum absolute atomic E-state index is 0.0157. The lowest BCUT2D eigenvalue weighted by Gasteiger charge is -2.39. The van der Waals surface area contributed by atoms with Gasteiger partial charge in [0.15, 0.2) is 0 Å². The van der Waals surface area contributed by atoms with Gasteiger partial charge in [-0.3, -0.25) is 14.4 Å². The fourth-order valence-electron chi connectivity index (χ4n) is 6.64. The van der Waals surface area contributed by atoms with Crippen molar-refractivity contribution in [3.63, 3.8) is 0 Å². The summed E-state index contributed by atoms with van der Waals surface area (Å²) >= 11 is 0. The van der Waals surface area contributed by atoms with E-state index < -0.39 is 41.5 Å². The number of ether oxygens (including phenoxy) is 2. The molecule has 2 heterocycles. The quantitative estimate of drug-likeness (QED) is 0.320. The summed E-state index contributed by atoms with van der Waals surface area (Å²) in [7, 11) is 1.24. The fourth-order valence-corrected chi connectivity index (χ4v) is 6.64. The van der Waals surface area contributed by atoms with E-state index in [9.17, 15) is 24.0 Å². The molecular weight excluding hydrogens is 528 g/mol. The zero-order valence-corrected chi connectivity index (χ0v) is 25.5. The van der Waals surface area contributed by atoms with Crippen molar-refractivity contribution in [1.82, 2.24) is 20.9 Å². The van der Waals surface area contributed by atoms with E-state index in [1.807, 2.05) is 13.8 Å². The molecule has 3 atom stereocenters. The third-order valence-corrected chi connectivity index (χ3v) is 8.96. The van der Waals surface area contributed by atoms with E-state index in [1.165, 1.54) is 20.5 Å². The highest BCUT2D eigenvalue weighted by molar-refractivity contribution is 5.90. The number of carbonyl (C=O) groups is 5. The van der Waals surface area contributed by atoms with Gasteiger partial charge in [0.05, 0.1) is 7.11 Å². The van der Waals surface area contributed by atoms with Crippen LogP contribution in [0.5, 0.6) is 0 Å². The van der Waals surface area contributed by atoms with Crippen molar-refractivity contribution in [3.05, 3.63) is 0 Å². The lowest BCUT2D eigenvalue weighted by molar-refractivity contribution is -0.146. The molecule has 0 bridgehead atoms. The van der Waals surface area contributed by atoms with Crippen molar-refractivity contribution in [2.24, 2.45) is 17.8 Å². The molecule has 11 heteroatoms. The van der Waals surface area contributed by atoms with Gasteiger partial charge in [-0.2, -0.15) is 0 Å². The van der Waals surface area contributed by atoms with Crippen LogP contribution in [0, 0.1) is 17.8 Å². The van der Waals surface area contributed by atoms with E-state index in [1.54, 1.807) is 4.90 Å². The first-order valence-corrected chi connectivity index (χ1v) is 15.4. The van der Waals surface area contributed by atoms with Gasteiger partial charge in [0, 0.05) is 31.5 Å². The van der Waals surface area contributed by atoms with E-state index in [0.717, 1.165) is 32.1 Å². The summed E-state index contributed by atoms with van der Waals surface area (Å²) in [5.74, 6) is -1.03. The van der Waals surface area contributed by atoms with Crippen LogP contribution < -0.4 is 16.0 Å². The van der Waals surface area contributed by atoms with Crippen LogP contribution in [0.1, 0.15) is 98.3 Å². The summed E-state index contributed by atoms with van der Waals surface area (Å²) in [6.07, 6.45) is 7.52. The van der Waals surface area contributed by atoms with Crippen LogP contribution in [0.25, 0.3) is 0 Å². The van der Waals surface area contributed by atoms with Gasteiger partial charge in [-0.15, -0.1) is 0 Å². The number of alkyl carbamates (subject to hydrolysis) is 1. The Morgan fingerprint density at radius 2 is 1.71 bits per heavy atom. The van der Waals surface area contributed by atoms with E-state index >= 15 is 0 Å². The lowest BCUT2D eigenvalue weighted by atomic mass is 9.82. The SMILES string of the molecule is CCCC1CCC(OC(=O)N[C@@H](CC(C)C)C(=O)NC(CC2CC3(CCN(C(C)=O)CC3)NC2=O)C(=O)OC)CC1. The van der Waals surface area contributed by atoms with Gasteiger partial charge in [0.2, 0.25) is 17.7 Å². The topological polar surface area (TPSA) is 143 Å². The van der Waals surface area contributed by atoms with Gasteiger partial charge < -0.3 is 30.3 Å². The third kappa shape index (κ3) is 9.33. The molecule has 0 aromatic rings. The average Bonchev–Trinajstić information content (AvgIpc) is 3.22. The highest BCUT2D eigenvalue weighted by atomic mass is 16.6. The van der Waals surface area contributed by atoms with Crippen LogP contribution in [0.15, 0.2) is 0 Å². The number of likely N-dealkylation sites (tertiary alicyclic amines) is 1. The summed E-state index contributed by atoms with van der Waals surface area (Å²) in [4.78, 5) is 65.3. The Labute approximate surface area is 244 Å². The van der Waals surface area contributed by atoms with Crippen LogP contribution in [0.2, 0.25) is 0 Å². The van der Waals surface area contributed by atoms with Gasteiger partial charge in [-0.05, 0) is 69.6 Å². The Hall–Kier alpha value is -2.85. The van der Waals surface area contributed by atoms with E-state index in [4.69, 9.17) is 9.47 Å². The van der Waals surface area contributed by atoms with Crippen LogP contribution >= 0.6 is 0 Å². The number of amides is 4. The number of hydrogen-bond donors (Lipinski definition) is 3. The molecule has 2 saturated heterocycles. The first kappa shape index (κ1) is 32.7. The molecule has 41 heavy (non-hydrogen) atoms. The molecule has 0 radical (unpaired) electrons. The van der Waals surface area contributed by atoms with E-state index in [0.29, 0.717) is 44.7 Å². The van der Waals surface area contributed by atoms with Gasteiger partial charge >= 0.3 is 12.1 Å². The molecule has 1 saturated carbocycles. The molecule has 2 unspecified atom stereocenters. The maximum absolute atomic E-state index is 13.4. The van der Waals surface area contributed by atoms with Gasteiger partial charge in [-0.25, -0.2) is 9.59 Å². The monoisotopic (exact) mass is 578 g/mol. The normalized spacial score (nSPS) is 25.3. The maximum atomic E-state index is 13.4. The Morgan fingerprint density at radius 3 is 2.27 bits per heavy atom. The van der Waals surface area contributed by atoms with Crippen molar-refractivity contribution in [3.8, 4) is 0 Å². The Bertz CT molecular complexity index is 939. The summed E-state index contributed by atoms with van der Waals surface area (Å²) < 4.78 is 10.6. The molecule has 1 spiro atoms. The van der Waals surface area contributed by atoms with Crippen LogP contribution in [-0.4, -0.2) is 78.6 Å². The highest BCUT2D eigenvalue weighted by Crippen LogP contribution is 2.36. The van der Waals surface area contributed by atoms with Crippen LogP contribution in [0.4, 0.5) is 4.79 Å². The standard InChI is InChI=1S/C30H50N4O7/c1-6-7-21-8-10-23(11-9-21)41-29(39)32-24(16-19(2)3)27(37)31-25(28(38)40-5)17-22-18-30(33-26(22)36)12-14-34(15-13-30)20(4)35/h19,21-25H,6-18H2,1-5H3,(H,31,37)(H,32,39)(H,33,36)/t21?,22?,23?,24-,25?/m0/s1. The minimum Gasteiger partial charge on any atom is -0.467 e. The smallest absolute Gasteiger partial charge is 0.408 e. The number of nitrogens with zero attached hydrogens (tertiary/aromatic N) is 1. The number of nitrogens with one attached hydrogen (secondary N) is 3. The molecular formula is C30H50N4O7. The molecule has 0 aromatic heterocycles. The molecule has 0 aromatic carbocycles. The molecule has 1 aliphatic carbocycles. The van der Waals surface area contributed by atoms with Crippen LogP contribution in [-0.2, 0) is 28.7 Å². The van der Waals surface area contributed by atoms with Crippen molar-refractivity contribution in [2.45, 2.75) is 122 Å². The molecule has 3 rings (SSSR count). The third-order valence-electron chi connectivity index (χ3n) is 8.96. The Balaban J connectivity index is 1.59. The first-order chi connectivity index (χ1) is 19.4. The minimum atomic E-state index is -1.04. The molecule has 232 valence electrons. The molecule has 3 aliphatic rings. The molecule has 3 N–H and O–H groups in total. The summed E-state index contributed by atoms with van der Waals surface area (Å²) in [5.41, 5.74) is -0.417. The number of hydrogen-bond acceptors (Lipinski definition) is 7. The first-order valence-electron chi connectivity index (χ1n) is 15.4. The number of methoxy groups -OCH3 is 1. The average molecular weight is 579 g/mol. The molecule has 11 nitrogen and oxygen atoms in total. The van der Waals surface area contributed by atoms with Crippen molar-refractivity contribution in [2.75, 3.05) is 20.2 Å². The van der Waals surface area contributed by atoms with Gasteiger partial charge in [-0.1, -0.05) is 33.6 Å².